The van der Waals surface area contributed by atoms with Crippen molar-refractivity contribution in [2.45, 2.75) is 39.5 Å². The Labute approximate surface area is 67.6 Å². The molecule has 0 aromatic heterocycles. The van der Waals surface area contributed by atoms with E-state index >= 15 is 0 Å². The topological polar surface area (TPSA) is 37.3 Å². The molecule has 1 fully saturated rings. The molecule has 2 unspecified atom stereocenters. The maximum Gasteiger partial charge on any atom is 0.306 e. The molecule has 0 bridgehead atoms. The molecule has 1 aliphatic carbocycles. The molecule has 0 radical (unpaired) electrons. The third kappa shape index (κ3) is 1.73. The quantitative estimate of drug-likeness (QED) is 0.666. The molecular formula is C9H16O2. The molecule has 0 saturated heterocycles. The molecular weight excluding hydrogens is 140 g/mol. The summed E-state index contributed by atoms with van der Waals surface area (Å²) in [6, 6.07) is 0. The highest BCUT2D eigenvalue weighted by Crippen LogP contribution is 2.43. The molecule has 2 nitrogen and oxygen atoms in total. The van der Waals surface area contributed by atoms with E-state index in [9.17, 15) is 4.79 Å². The summed E-state index contributed by atoms with van der Waals surface area (Å²) < 4.78 is 0. The molecule has 2 heteroatoms. The maximum absolute atomic E-state index is 10.6. The van der Waals surface area contributed by atoms with Crippen molar-refractivity contribution in [3.63, 3.8) is 0 Å². The summed E-state index contributed by atoms with van der Waals surface area (Å²) in [6.45, 7) is 4.33. The van der Waals surface area contributed by atoms with Crippen LogP contribution >= 0.6 is 0 Å². The number of hydrogen-bond acceptors (Lipinski definition) is 1. The van der Waals surface area contributed by atoms with Gasteiger partial charge in [0.25, 0.3) is 0 Å². The van der Waals surface area contributed by atoms with Crippen LogP contribution in [0.15, 0.2) is 0 Å². The lowest BCUT2D eigenvalue weighted by molar-refractivity contribution is -0.141. The fraction of sp³-hybridized carbons (Fsp3) is 0.889. The smallest absolute Gasteiger partial charge is 0.306 e. The van der Waals surface area contributed by atoms with Crippen LogP contribution in [-0.2, 0) is 4.79 Å². The first kappa shape index (κ1) is 8.57. The number of rotatable bonds is 2. The van der Waals surface area contributed by atoms with Crippen molar-refractivity contribution in [3.8, 4) is 0 Å². The molecule has 0 aliphatic heterocycles. The van der Waals surface area contributed by atoms with Crippen LogP contribution in [0.3, 0.4) is 0 Å². The van der Waals surface area contributed by atoms with E-state index in [-0.39, 0.29) is 5.92 Å². The predicted molar refractivity (Wildman–Crippen MR) is 43.4 cm³/mol. The van der Waals surface area contributed by atoms with E-state index < -0.39 is 5.97 Å². The zero-order valence-electron chi connectivity index (χ0n) is 7.26. The lowest BCUT2D eigenvalue weighted by Crippen LogP contribution is -2.14. The van der Waals surface area contributed by atoms with Gasteiger partial charge in [-0.3, -0.25) is 4.79 Å². The van der Waals surface area contributed by atoms with Crippen molar-refractivity contribution in [1.29, 1.82) is 0 Å². The van der Waals surface area contributed by atoms with Crippen LogP contribution in [0.4, 0.5) is 0 Å². The molecule has 11 heavy (non-hydrogen) atoms. The third-order valence-electron chi connectivity index (χ3n) is 3.04. The maximum atomic E-state index is 10.6. The Bertz CT molecular complexity index is 165. The highest BCUT2D eigenvalue weighted by atomic mass is 16.4. The Morgan fingerprint density at radius 3 is 2.64 bits per heavy atom. The predicted octanol–water partition coefficient (Wildman–Crippen LogP) is 2.29. The summed E-state index contributed by atoms with van der Waals surface area (Å²) in [6.07, 6.45) is 3.94. The molecule has 1 saturated carbocycles. The number of aliphatic carboxylic acids is 1. The van der Waals surface area contributed by atoms with Crippen LogP contribution in [0.1, 0.15) is 39.5 Å². The van der Waals surface area contributed by atoms with Crippen LogP contribution in [0, 0.1) is 11.3 Å². The molecule has 1 rings (SSSR count). The zero-order chi connectivity index (χ0) is 8.48. The van der Waals surface area contributed by atoms with Gasteiger partial charge < -0.3 is 5.11 Å². The van der Waals surface area contributed by atoms with Crippen LogP contribution in [0.5, 0.6) is 0 Å². The Balaban J connectivity index is 2.53. The van der Waals surface area contributed by atoms with Crippen molar-refractivity contribution >= 4 is 5.97 Å². The summed E-state index contributed by atoms with van der Waals surface area (Å²) in [7, 11) is 0. The Morgan fingerprint density at radius 1 is 1.73 bits per heavy atom. The molecule has 0 aromatic carbocycles. The van der Waals surface area contributed by atoms with Gasteiger partial charge in [-0.15, -0.1) is 0 Å². The van der Waals surface area contributed by atoms with Crippen molar-refractivity contribution in [2.75, 3.05) is 0 Å². The summed E-state index contributed by atoms with van der Waals surface area (Å²) in [5.74, 6) is -0.679. The molecule has 0 spiro atoms. The normalized spacial score (nSPS) is 37.5. The lowest BCUT2D eigenvalue weighted by Gasteiger charge is -2.20. The van der Waals surface area contributed by atoms with E-state index in [1.165, 1.54) is 0 Å². The van der Waals surface area contributed by atoms with Crippen molar-refractivity contribution in [1.82, 2.24) is 0 Å². The minimum Gasteiger partial charge on any atom is -0.481 e. The first-order valence-electron chi connectivity index (χ1n) is 4.30. The minimum atomic E-state index is -0.609. The second-order valence-corrected chi connectivity index (χ2v) is 3.94. The Kier molecular flexibility index (Phi) is 2.21. The van der Waals surface area contributed by atoms with E-state index in [1.807, 2.05) is 0 Å². The van der Waals surface area contributed by atoms with Crippen LogP contribution < -0.4 is 0 Å². The molecule has 64 valence electrons. The van der Waals surface area contributed by atoms with E-state index in [4.69, 9.17) is 5.11 Å². The highest BCUT2D eigenvalue weighted by molar-refractivity contribution is 5.70. The molecule has 1 N–H and O–H groups in total. The molecule has 0 amide bonds. The highest BCUT2D eigenvalue weighted by Gasteiger charge is 2.36. The van der Waals surface area contributed by atoms with Crippen molar-refractivity contribution in [3.05, 3.63) is 0 Å². The Morgan fingerprint density at radius 2 is 2.36 bits per heavy atom. The summed E-state index contributed by atoms with van der Waals surface area (Å²) in [4.78, 5) is 10.6. The molecule has 2 atom stereocenters. The average Bonchev–Trinajstić information content (AvgIpc) is 2.33. The molecule has 0 aromatic rings. The summed E-state index contributed by atoms with van der Waals surface area (Å²) in [5, 5.41) is 8.74. The second kappa shape index (κ2) is 2.84. The van der Waals surface area contributed by atoms with Gasteiger partial charge in [-0.2, -0.15) is 0 Å². The fourth-order valence-electron chi connectivity index (χ4n) is 1.85. The summed E-state index contributed by atoms with van der Waals surface area (Å²) in [5.41, 5.74) is 0.309. The van der Waals surface area contributed by atoms with Gasteiger partial charge in [0.05, 0.1) is 5.92 Å². The van der Waals surface area contributed by atoms with Gasteiger partial charge >= 0.3 is 5.97 Å². The van der Waals surface area contributed by atoms with E-state index in [2.05, 4.69) is 13.8 Å². The average molecular weight is 156 g/mol. The zero-order valence-corrected chi connectivity index (χ0v) is 7.26. The van der Waals surface area contributed by atoms with Crippen LogP contribution in [0.2, 0.25) is 0 Å². The first-order valence-corrected chi connectivity index (χ1v) is 4.30. The van der Waals surface area contributed by atoms with E-state index in [1.54, 1.807) is 0 Å². The number of carboxylic acids is 1. The van der Waals surface area contributed by atoms with E-state index in [0.29, 0.717) is 5.41 Å². The standard InChI is InChI=1S/C9H16O2/c1-3-9(2)5-4-7(6-9)8(10)11/h7H,3-6H2,1-2H3,(H,10,11). The van der Waals surface area contributed by atoms with Gasteiger partial charge in [-0.1, -0.05) is 20.3 Å². The van der Waals surface area contributed by atoms with E-state index in [0.717, 1.165) is 25.7 Å². The van der Waals surface area contributed by atoms with Gasteiger partial charge in [-0.25, -0.2) is 0 Å². The third-order valence-corrected chi connectivity index (χ3v) is 3.04. The van der Waals surface area contributed by atoms with Gasteiger partial charge in [0, 0.05) is 0 Å². The molecule has 0 heterocycles. The van der Waals surface area contributed by atoms with Gasteiger partial charge in [0.2, 0.25) is 0 Å². The molecule has 1 aliphatic rings. The van der Waals surface area contributed by atoms with Crippen LogP contribution in [0.25, 0.3) is 0 Å². The van der Waals surface area contributed by atoms with Crippen molar-refractivity contribution < 1.29 is 9.90 Å². The monoisotopic (exact) mass is 156 g/mol. The number of carboxylic acid groups (broad SMARTS) is 1. The largest absolute Gasteiger partial charge is 0.481 e. The van der Waals surface area contributed by atoms with Crippen molar-refractivity contribution in [2.24, 2.45) is 11.3 Å². The van der Waals surface area contributed by atoms with Gasteiger partial charge in [-0.05, 0) is 24.7 Å². The fourth-order valence-corrected chi connectivity index (χ4v) is 1.85. The Hall–Kier alpha value is -0.530. The minimum absolute atomic E-state index is 0.0695. The van der Waals surface area contributed by atoms with Crippen LogP contribution in [-0.4, -0.2) is 11.1 Å². The SMILES string of the molecule is CCC1(C)CCC(C(=O)O)C1. The second-order valence-electron chi connectivity index (χ2n) is 3.94. The van der Waals surface area contributed by atoms with Gasteiger partial charge in [0.15, 0.2) is 0 Å². The first-order chi connectivity index (χ1) is 5.07. The summed E-state index contributed by atoms with van der Waals surface area (Å²) >= 11 is 0. The number of carbonyl (C=O) groups is 1. The lowest BCUT2D eigenvalue weighted by atomic mass is 9.85. The van der Waals surface area contributed by atoms with Gasteiger partial charge in [0.1, 0.15) is 0 Å². The number of hydrogen-bond donors (Lipinski definition) is 1.